The molecule has 11 N–H and O–H groups in total. The Bertz CT molecular complexity index is 1150. The first-order valence-corrected chi connectivity index (χ1v) is 11.7. The highest BCUT2D eigenvalue weighted by atomic mass is 16.6. The third-order valence-electron chi connectivity index (χ3n) is 5.35. The molecule has 1 heterocycles. The van der Waals surface area contributed by atoms with Gasteiger partial charge < -0.3 is 61.8 Å². The summed E-state index contributed by atoms with van der Waals surface area (Å²) < 4.78 is 15.7. The molecule has 2 amide bonds. The molecule has 0 aliphatic carbocycles. The van der Waals surface area contributed by atoms with Crippen molar-refractivity contribution in [3.8, 4) is 11.5 Å². The van der Waals surface area contributed by atoms with Gasteiger partial charge in [0.1, 0.15) is 6.10 Å². The number of nitrogens with zero attached hydrogens (tertiary/aromatic N) is 1. The Labute approximate surface area is 227 Å². The van der Waals surface area contributed by atoms with Crippen LogP contribution >= 0.6 is 0 Å². The molecule has 5 atom stereocenters. The fourth-order valence-electron chi connectivity index (χ4n) is 3.59. The molecule has 1 aromatic carbocycles. The standard InChI is InChI=1S/C23H31N5O12/c1-10(30)27-17-12(28-22(24)25)8-16(20(34)35)39-19(17)18(15(33)9-29)40-23(37)26-5-2-6-38-21(36)11-3-4-13(31)14(32)7-11/h3-4,7-8,12,15,17-19,29,31-33H,2,5-6,9H2,1H3,(H,26,37)(H,27,30)(H,34,35)(H4,24,25,28)/t12-,15+,17+,18+,19+/m0/s1. The number of nitrogens with two attached hydrogens (primary N) is 2. The van der Waals surface area contributed by atoms with Crippen LogP contribution in [0, 0.1) is 0 Å². The molecule has 1 aliphatic heterocycles. The molecule has 40 heavy (non-hydrogen) atoms. The van der Waals surface area contributed by atoms with Gasteiger partial charge >= 0.3 is 18.0 Å². The van der Waals surface area contributed by atoms with Crippen LogP contribution in [0.25, 0.3) is 0 Å². The van der Waals surface area contributed by atoms with Gasteiger partial charge in [0.2, 0.25) is 11.7 Å². The van der Waals surface area contributed by atoms with Crippen LogP contribution in [0.2, 0.25) is 0 Å². The number of rotatable bonds is 12. The second-order valence-electron chi connectivity index (χ2n) is 8.43. The van der Waals surface area contributed by atoms with Gasteiger partial charge in [0.25, 0.3) is 0 Å². The lowest BCUT2D eigenvalue weighted by molar-refractivity contribution is -0.146. The fraction of sp³-hybridized carbons (Fsp3) is 0.435. The van der Waals surface area contributed by atoms with Gasteiger partial charge in [-0.3, -0.25) is 4.79 Å². The average Bonchev–Trinajstić information content (AvgIpc) is 2.88. The van der Waals surface area contributed by atoms with E-state index in [1.807, 2.05) is 0 Å². The molecule has 0 unspecified atom stereocenters. The number of aliphatic hydroxyl groups excluding tert-OH is 2. The molecule has 17 heteroatoms. The van der Waals surface area contributed by atoms with Crippen molar-refractivity contribution in [2.75, 3.05) is 19.8 Å². The summed E-state index contributed by atoms with van der Waals surface area (Å²) in [5.74, 6) is -4.97. The maximum atomic E-state index is 12.5. The molecule has 0 saturated heterocycles. The second kappa shape index (κ2) is 14.4. The predicted octanol–water partition coefficient (Wildman–Crippen LogP) is -2.39. The van der Waals surface area contributed by atoms with E-state index in [9.17, 15) is 44.7 Å². The van der Waals surface area contributed by atoms with Crippen molar-refractivity contribution in [3.05, 3.63) is 35.6 Å². The van der Waals surface area contributed by atoms with E-state index < -0.39 is 84.2 Å². The number of hydrogen-bond acceptors (Lipinski definition) is 12. The van der Waals surface area contributed by atoms with Crippen molar-refractivity contribution in [2.45, 2.75) is 43.7 Å². The molecule has 0 fully saturated rings. The molecule has 2 rings (SSSR count). The number of aliphatic hydroxyl groups is 2. The number of phenolic OH excluding ortho intramolecular Hbond substituents is 2. The van der Waals surface area contributed by atoms with Crippen LogP contribution in [0.1, 0.15) is 23.7 Å². The lowest BCUT2D eigenvalue weighted by Crippen LogP contribution is -2.61. The third-order valence-corrected chi connectivity index (χ3v) is 5.35. The van der Waals surface area contributed by atoms with E-state index in [-0.39, 0.29) is 25.1 Å². The monoisotopic (exact) mass is 569 g/mol. The number of guanidine groups is 1. The van der Waals surface area contributed by atoms with Crippen LogP contribution in [0.15, 0.2) is 35.0 Å². The number of amides is 2. The lowest BCUT2D eigenvalue weighted by Gasteiger charge is -2.39. The van der Waals surface area contributed by atoms with Gasteiger partial charge in [0.15, 0.2) is 29.7 Å². The molecule has 220 valence electrons. The zero-order valence-corrected chi connectivity index (χ0v) is 21.2. The Morgan fingerprint density at radius 3 is 2.45 bits per heavy atom. The number of phenols is 2. The zero-order chi connectivity index (χ0) is 30.0. The summed E-state index contributed by atoms with van der Waals surface area (Å²) in [6, 6.07) is 0.931. The van der Waals surface area contributed by atoms with Crippen molar-refractivity contribution in [3.63, 3.8) is 0 Å². The number of nitrogens with one attached hydrogen (secondary N) is 2. The van der Waals surface area contributed by atoms with E-state index >= 15 is 0 Å². The highest BCUT2D eigenvalue weighted by molar-refractivity contribution is 5.90. The summed E-state index contributed by atoms with van der Waals surface area (Å²) in [5, 5.41) is 53.0. The number of aliphatic carboxylic acids is 1. The molecule has 0 saturated carbocycles. The Hall–Kier alpha value is -4.77. The molecule has 0 radical (unpaired) electrons. The first-order valence-electron chi connectivity index (χ1n) is 11.7. The maximum absolute atomic E-state index is 12.5. The maximum Gasteiger partial charge on any atom is 0.407 e. The summed E-state index contributed by atoms with van der Waals surface area (Å²) in [4.78, 5) is 51.9. The number of carboxylic acids is 1. The average molecular weight is 570 g/mol. The smallest absolute Gasteiger partial charge is 0.407 e. The van der Waals surface area contributed by atoms with Gasteiger partial charge in [-0.25, -0.2) is 19.4 Å². The number of ether oxygens (including phenoxy) is 3. The lowest BCUT2D eigenvalue weighted by atomic mass is 9.92. The third kappa shape index (κ3) is 8.91. The van der Waals surface area contributed by atoms with Crippen molar-refractivity contribution >= 4 is 29.9 Å². The van der Waals surface area contributed by atoms with Crippen molar-refractivity contribution in [2.24, 2.45) is 16.5 Å². The quantitative estimate of drug-likeness (QED) is 0.0417. The number of aliphatic imine (C=N–C) groups is 1. The van der Waals surface area contributed by atoms with Crippen LogP contribution in [0.5, 0.6) is 11.5 Å². The normalized spacial score (nSPS) is 19.6. The van der Waals surface area contributed by atoms with E-state index in [4.69, 9.17) is 25.7 Å². The predicted molar refractivity (Wildman–Crippen MR) is 134 cm³/mol. The molecular weight excluding hydrogens is 538 g/mol. The largest absolute Gasteiger partial charge is 0.504 e. The molecule has 0 aromatic heterocycles. The zero-order valence-electron chi connectivity index (χ0n) is 21.2. The van der Waals surface area contributed by atoms with Gasteiger partial charge in [-0.1, -0.05) is 0 Å². The number of hydrogen-bond donors (Lipinski definition) is 9. The summed E-state index contributed by atoms with van der Waals surface area (Å²) in [6.07, 6.45) is -5.08. The Balaban J connectivity index is 2.07. The molecule has 0 spiro atoms. The number of carbonyl (C=O) groups is 4. The summed E-state index contributed by atoms with van der Waals surface area (Å²) in [7, 11) is 0. The number of esters is 1. The first-order chi connectivity index (χ1) is 18.8. The summed E-state index contributed by atoms with van der Waals surface area (Å²) >= 11 is 0. The van der Waals surface area contributed by atoms with Crippen molar-refractivity contribution < 1.29 is 58.9 Å². The molecule has 1 aromatic rings. The molecule has 0 bridgehead atoms. The minimum absolute atomic E-state index is 0.0153. The van der Waals surface area contributed by atoms with Gasteiger partial charge in [-0.15, -0.1) is 0 Å². The highest BCUT2D eigenvalue weighted by Gasteiger charge is 2.46. The van der Waals surface area contributed by atoms with Gasteiger partial charge in [-0.05, 0) is 30.7 Å². The minimum atomic E-state index is -1.79. The van der Waals surface area contributed by atoms with E-state index in [0.29, 0.717) is 0 Å². The molecule has 17 nitrogen and oxygen atoms in total. The van der Waals surface area contributed by atoms with Crippen LogP contribution < -0.4 is 22.1 Å². The number of benzene rings is 1. The Morgan fingerprint density at radius 2 is 1.88 bits per heavy atom. The van der Waals surface area contributed by atoms with E-state index in [0.717, 1.165) is 25.1 Å². The molecule has 1 aliphatic rings. The van der Waals surface area contributed by atoms with E-state index in [2.05, 4.69) is 15.6 Å². The number of carbonyl (C=O) groups excluding carboxylic acids is 3. The van der Waals surface area contributed by atoms with E-state index in [1.54, 1.807) is 0 Å². The number of carboxylic acid groups (broad SMARTS) is 1. The van der Waals surface area contributed by atoms with Gasteiger partial charge in [0, 0.05) is 13.5 Å². The summed E-state index contributed by atoms with van der Waals surface area (Å²) in [6.45, 7) is -0.0477. The highest BCUT2D eigenvalue weighted by Crippen LogP contribution is 2.27. The van der Waals surface area contributed by atoms with Gasteiger partial charge in [-0.2, -0.15) is 0 Å². The number of alkyl carbamates (subject to hydrolysis) is 1. The van der Waals surface area contributed by atoms with Crippen LogP contribution in [0.3, 0.4) is 0 Å². The van der Waals surface area contributed by atoms with Crippen molar-refractivity contribution in [1.82, 2.24) is 10.6 Å². The Morgan fingerprint density at radius 1 is 1.18 bits per heavy atom. The van der Waals surface area contributed by atoms with Crippen molar-refractivity contribution in [1.29, 1.82) is 0 Å². The topological polar surface area (TPSA) is 286 Å². The number of aromatic hydroxyl groups is 2. The first kappa shape index (κ1) is 31.4. The van der Waals surface area contributed by atoms with E-state index in [1.165, 1.54) is 6.07 Å². The Kier molecular flexibility index (Phi) is 11.3. The molecular formula is C23H31N5O12. The second-order valence-corrected chi connectivity index (χ2v) is 8.43. The van der Waals surface area contributed by atoms with Crippen LogP contribution in [-0.4, -0.2) is 106 Å². The SMILES string of the molecule is CC(=O)N[C@H]1[C@H]([C@H](OC(=O)NCCCOC(=O)c2ccc(O)c(O)c2)[C@H](O)CO)OC(C(=O)O)=C[C@@H]1N=C(N)N. The minimum Gasteiger partial charge on any atom is -0.504 e. The van der Waals surface area contributed by atoms with Crippen LogP contribution in [0.4, 0.5) is 4.79 Å². The summed E-state index contributed by atoms with van der Waals surface area (Å²) in [5.41, 5.74) is 10.8. The van der Waals surface area contributed by atoms with Crippen LogP contribution in [-0.2, 0) is 23.8 Å². The van der Waals surface area contributed by atoms with Gasteiger partial charge in [0.05, 0.1) is 30.9 Å². The fourth-order valence-corrected chi connectivity index (χ4v) is 3.59.